The summed E-state index contributed by atoms with van der Waals surface area (Å²) in [6.45, 7) is 1.28. The molecule has 7 heteroatoms. The van der Waals surface area contributed by atoms with Crippen molar-refractivity contribution in [2.45, 2.75) is 18.8 Å². The monoisotopic (exact) mass is 218 g/mol. The molecule has 0 aromatic carbocycles. The van der Waals surface area contributed by atoms with Crippen LogP contribution in [-0.4, -0.2) is 44.8 Å². The van der Waals surface area contributed by atoms with Crippen molar-refractivity contribution >= 4 is 5.91 Å². The van der Waals surface area contributed by atoms with Gasteiger partial charge in [0.05, 0.1) is 6.61 Å². The highest BCUT2D eigenvalue weighted by atomic mass is 16.5. The molecule has 1 rings (SSSR count). The van der Waals surface area contributed by atoms with Crippen molar-refractivity contribution in [1.29, 1.82) is 0 Å². The maximum Gasteiger partial charge on any atom is 0.230 e. The minimum Gasteiger partial charge on any atom is -0.506 e. The highest BCUT2D eigenvalue weighted by molar-refractivity contribution is 5.74. The number of hydrogen-bond donors (Lipinski definition) is 5. The van der Waals surface area contributed by atoms with E-state index in [4.69, 9.17) is 9.84 Å². The summed E-state index contributed by atoms with van der Waals surface area (Å²) in [6, 6.07) is 0. The molecule has 0 bridgehead atoms. The lowest BCUT2D eigenvalue weighted by Crippen LogP contribution is -2.54. The van der Waals surface area contributed by atoms with Gasteiger partial charge in [0.1, 0.15) is 12.7 Å². The first kappa shape index (κ1) is 11.8. The number of carbonyl (C=O) groups excluding carboxylic acids is 1. The van der Waals surface area contributed by atoms with Gasteiger partial charge in [-0.2, -0.15) is 0 Å². The minimum absolute atomic E-state index is 0.567. The molecule has 1 aliphatic rings. The molecule has 0 aromatic heterocycles. The zero-order valence-corrected chi connectivity index (χ0v) is 7.97. The van der Waals surface area contributed by atoms with Gasteiger partial charge in [0.25, 0.3) is 0 Å². The molecule has 1 radical (unpaired) electrons. The Balaban J connectivity index is 2.95. The predicted molar refractivity (Wildman–Crippen MR) is 47.3 cm³/mol. The average molecular weight is 218 g/mol. The molecule has 0 aliphatic carbocycles. The van der Waals surface area contributed by atoms with Gasteiger partial charge in [0, 0.05) is 6.92 Å². The van der Waals surface area contributed by atoms with E-state index in [1.165, 1.54) is 0 Å². The van der Waals surface area contributed by atoms with Crippen LogP contribution in [0.5, 0.6) is 0 Å². The van der Waals surface area contributed by atoms with Gasteiger partial charge in [-0.05, 0) is 0 Å². The van der Waals surface area contributed by atoms with Crippen LogP contribution in [0.2, 0.25) is 0 Å². The fraction of sp³-hybridized carbons (Fsp3) is 0.500. The Hall–Kier alpha value is -1.31. The standard InChI is InChI=1S/C8H12NO6/c1-4(11)9-8(14)3-15-5(2-10)6(12)7(8)13/h3,5,10,12-14H,2H2,1H3,(H,9,11)/t5-,8-/m1/s1. The molecule has 15 heavy (non-hydrogen) atoms. The van der Waals surface area contributed by atoms with E-state index in [-0.39, 0.29) is 0 Å². The summed E-state index contributed by atoms with van der Waals surface area (Å²) in [5.74, 6) is -2.22. The van der Waals surface area contributed by atoms with E-state index in [1.54, 1.807) is 0 Å². The van der Waals surface area contributed by atoms with Gasteiger partial charge >= 0.3 is 0 Å². The Morgan fingerprint density at radius 3 is 2.73 bits per heavy atom. The van der Waals surface area contributed by atoms with Gasteiger partial charge in [-0.1, -0.05) is 0 Å². The molecule has 0 unspecified atom stereocenters. The molecule has 1 amide bonds. The number of aliphatic hydroxyl groups excluding tert-OH is 3. The van der Waals surface area contributed by atoms with Crippen molar-refractivity contribution in [2.24, 2.45) is 0 Å². The van der Waals surface area contributed by atoms with Crippen LogP contribution < -0.4 is 5.32 Å². The lowest BCUT2D eigenvalue weighted by molar-refractivity contribution is -0.132. The zero-order valence-electron chi connectivity index (χ0n) is 7.97. The third-order valence-electron chi connectivity index (χ3n) is 1.84. The molecule has 1 aliphatic heterocycles. The minimum atomic E-state index is -2.26. The number of aliphatic hydroxyl groups is 4. The first-order chi connectivity index (χ1) is 6.90. The highest BCUT2D eigenvalue weighted by Gasteiger charge is 2.43. The van der Waals surface area contributed by atoms with Gasteiger partial charge in [-0.3, -0.25) is 4.79 Å². The second-order valence-corrected chi connectivity index (χ2v) is 3.11. The van der Waals surface area contributed by atoms with Crippen LogP contribution in [0.3, 0.4) is 0 Å². The molecule has 0 aromatic rings. The lowest BCUT2D eigenvalue weighted by Gasteiger charge is -2.33. The van der Waals surface area contributed by atoms with Crippen molar-refractivity contribution in [3.05, 3.63) is 18.1 Å². The summed E-state index contributed by atoms with van der Waals surface area (Å²) in [7, 11) is 0. The number of ether oxygens (including phenoxy) is 1. The third-order valence-corrected chi connectivity index (χ3v) is 1.84. The van der Waals surface area contributed by atoms with Crippen LogP contribution in [0.4, 0.5) is 0 Å². The molecule has 0 saturated carbocycles. The maximum absolute atomic E-state index is 10.7. The van der Waals surface area contributed by atoms with Crippen molar-refractivity contribution in [3.63, 3.8) is 0 Å². The first-order valence-corrected chi connectivity index (χ1v) is 4.15. The van der Waals surface area contributed by atoms with Crippen molar-refractivity contribution < 1.29 is 30.0 Å². The van der Waals surface area contributed by atoms with Crippen LogP contribution >= 0.6 is 0 Å². The predicted octanol–water partition coefficient (Wildman–Crippen LogP) is -1.31. The molecule has 0 spiro atoms. The molecule has 0 fully saturated rings. The fourth-order valence-electron chi connectivity index (χ4n) is 1.14. The van der Waals surface area contributed by atoms with Gasteiger partial charge in [-0.15, -0.1) is 0 Å². The Kier molecular flexibility index (Phi) is 3.18. The quantitative estimate of drug-likeness (QED) is 0.367. The van der Waals surface area contributed by atoms with Crippen molar-refractivity contribution in [2.75, 3.05) is 6.61 Å². The second-order valence-electron chi connectivity index (χ2n) is 3.11. The third kappa shape index (κ3) is 2.20. The van der Waals surface area contributed by atoms with Crippen LogP contribution in [0.25, 0.3) is 0 Å². The Morgan fingerprint density at radius 1 is 1.67 bits per heavy atom. The summed E-state index contributed by atoms with van der Waals surface area (Å²) in [5, 5.41) is 39.0. The summed E-state index contributed by atoms with van der Waals surface area (Å²) in [5.41, 5.74) is -2.26. The van der Waals surface area contributed by atoms with E-state index < -0.39 is 35.9 Å². The van der Waals surface area contributed by atoms with E-state index in [1.807, 2.05) is 5.32 Å². The Labute approximate surface area is 85.6 Å². The van der Waals surface area contributed by atoms with Gasteiger partial charge < -0.3 is 30.5 Å². The molecule has 1 heterocycles. The molecule has 2 atom stereocenters. The smallest absolute Gasteiger partial charge is 0.230 e. The number of amides is 1. The van der Waals surface area contributed by atoms with E-state index in [0.29, 0.717) is 0 Å². The number of nitrogens with one attached hydrogen (secondary N) is 1. The molecular formula is C8H12NO6. The topological polar surface area (TPSA) is 119 Å². The number of carbonyl (C=O) groups is 1. The normalized spacial score (nSPS) is 31.5. The van der Waals surface area contributed by atoms with E-state index in [0.717, 1.165) is 13.5 Å². The largest absolute Gasteiger partial charge is 0.506 e. The fourth-order valence-corrected chi connectivity index (χ4v) is 1.14. The van der Waals surface area contributed by atoms with Gasteiger partial charge in [0.2, 0.25) is 11.6 Å². The van der Waals surface area contributed by atoms with E-state index in [2.05, 4.69) is 0 Å². The first-order valence-electron chi connectivity index (χ1n) is 4.15. The van der Waals surface area contributed by atoms with E-state index >= 15 is 0 Å². The molecular weight excluding hydrogens is 206 g/mol. The van der Waals surface area contributed by atoms with Crippen LogP contribution in [-0.2, 0) is 9.53 Å². The van der Waals surface area contributed by atoms with Crippen molar-refractivity contribution in [1.82, 2.24) is 5.32 Å². The van der Waals surface area contributed by atoms with Crippen LogP contribution in [0.1, 0.15) is 6.92 Å². The highest BCUT2D eigenvalue weighted by Crippen LogP contribution is 2.27. The average Bonchev–Trinajstić information content (AvgIpc) is 2.14. The molecule has 7 nitrogen and oxygen atoms in total. The lowest BCUT2D eigenvalue weighted by atomic mass is 10.1. The number of hydrogen-bond acceptors (Lipinski definition) is 6. The Morgan fingerprint density at radius 2 is 2.27 bits per heavy atom. The Bertz CT molecular complexity index is 302. The van der Waals surface area contributed by atoms with Crippen LogP contribution in [0, 0.1) is 6.61 Å². The SMILES string of the molecule is CC(=O)N[C@@]1(O)[CH]O[C@H](CO)C(O)=C1O. The van der Waals surface area contributed by atoms with Crippen molar-refractivity contribution in [3.8, 4) is 0 Å². The van der Waals surface area contributed by atoms with Gasteiger partial charge in [-0.25, -0.2) is 0 Å². The summed E-state index contributed by atoms with van der Waals surface area (Å²) < 4.78 is 4.72. The summed E-state index contributed by atoms with van der Waals surface area (Å²) in [4.78, 5) is 10.7. The summed E-state index contributed by atoms with van der Waals surface area (Å²) >= 11 is 0. The van der Waals surface area contributed by atoms with Gasteiger partial charge in [0.15, 0.2) is 11.5 Å². The summed E-state index contributed by atoms with van der Waals surface area (Å²) in [6.07, 6.45) is -1.14. The maximum atomic E-state index is 10.7. The van der Waals surface area contributed by atoms with Crippen LogP contribution in [0.15, 0.2) is 11.5 Å². The molecule has 85 valence electrons. The number of rotatable bonds is 2. The molecule has 0 saturated heterocycles. The van der Waals surface area contributed by atoms with E-state index in [9.17, 15) is 20.1 Å². The zero-order chi connectivity index (χ0) is 11.6. The second kappa shape index (κ2) is 4.05. The molecule has 5 N–H and O–H groups in total.